The van der Waals surface area contributed by atoms with Gasteiger partial charge < -0.3 is 0 Å². The van der Waals surface area contributed by atoms with Crippen LogP contribution in [0.15, 0.2) is 66.3 Å². The lowest BCUT2D eigenvalue weighted by molar-refractivity contribution is 0.595. The molecule has 2 rings (SSSR count). The number of pyridine rings is 2. The van der Waals surface area contributed by atoms with Gasteiger partial charge in [0.1, 0.15) is 11.4 Å². The Morgan fingerprint density at radius 1 is 0.826 bits per heavy atom. The molecule has 0 atom stereocenters. The van der Waals surface area contributed by atoms with Crippen molar-refractivity contribution in [1.29, 1.82) is 0 Å². The van der Waals surface area contributed by atoms with Gasteiger partial charge in [0.25, 0.3) is 0 Å². The Hall–Kier alpha value is -1.59. The first-order valence-corrected chi connectivity index (χ1v) is 9.52. The van der Waals surface area contributed by atoms with E-state index in [9.17, 15) is 8.42 Å². The van der Waals surface area contributed by atoms with Crippen LogP contribution in [0, 0.1) is 0 Å². The highest BCUT2D eigenvalue weighted by Crippen LogP contribution is 2.18. The van der Waals surface area contributed by atoms with Gasteiger partial charge in [-0.25, -0.2) is 8.42 Å². The normalized spacial score (nSPS) is 12.3. The highest BCUT2D eigenvalue weighted by Gasteiger charge is 2.09. The molecule has 2 aromatic heterocycles. The Morgan fingerprint density at radius 2 is 1.26 bits per heavy atom. The second-order valence-electron chi connectivity index (χ2n) is 4.21. The fourth-order valence-corrected chi connectivity index (χ4v) is 2.60. The number of hydrogen-bond acceptors (Lipinski definition) is 8. The van der Waals surface area contributed by atoms with Crippen LogP contribution in [0.25, 0.3) is 0 Å². The average molecular weight is 462 g/mol. The summed E-state index contributed by atoms with van der Waals surface area (Å²) >= 11 is 6.47. The van der Waals surface area contributed by atoms with E-state index in [1.807, 2.05) is 0 Å². The highest BCUT2D eigenvalue weighted by atomic mass is 79.9. The summed E-state index contributed by atoms with van der Waals surface area (Å²) in [6.45, 7) is 0. The molecule has 0 radical (unpaired) electrons. The Balaban J connectivity index is 1.92. The molecule has 0 fully saturated rings. The van der Waals surface area contributed by atoms with E-state index in [-0.39, 0.29) is 0 Å². The minimum absolute atomic E-state index is 0.455. The largest absolute Gasteiger partial charge is 0.261 e. The van der Waals surface area contributed by atoms with E-state index in [1.165, 1.54) is 12.4 Å². The van der Waals surface area contributed by atoms with Gasteiger partial charge in [-0.05, 0) is 44.0 Å². The molecule has 0 aliphatic carbocycles. The van der Waals surface area contributed by atoms with Gasteiger partial charge in [-0.3, -0.25) is 9.97 Å². The monoisotopic (exact) mass is 460 g/mol. The standard InChI is InChI=1S/C12H10Br2N6O2S/c13-9-1-11(5-15-3-9)19-17-7-23(21,22)8-18-20-12-2-10(14)4-16-6-12/h1-6H,7-8H2. The molecule has 2 aromatic rings. The smallest absolute Gasteiger partial charge is 0.194 e. The number of halogens is 2. The van der Waals surface area contributed by atoms with Crippen LogP contribution in [0.3, 0.4) is 0 Å². The van der Waals surface area contributed by atoms with Crippen LogP contribution in [0.2, 0.25) is 0 Å². The minimum Gasteiger partial charge on any atom is -0.261 e. The third kappa shape index (κ3) is 6.59. The molecule has 2 heterocycles. The van der Waals surface area contributed by atoms with Gasteiger partial charge in [-0.15, -0.1) is 0 Å². The molecule has 0 unspecified atom stereocenters. The molecule has 120 valence electrons. The van der Waals surface area contributed by atoms with Crippen LogP contribution in [-0.2, 0) is 9.84 Å². The maximum atomic E-state index is 11.8. The maximum absolute atomic E-state index is 11.8. The van der Waals surface area contributed by atoms with Gasteiger partial charge in [0, 0.05) is 21.3 Å². The summed E-state index contributed by atoms with van der Waals surface area (Å²) in [7, 11) is -3.53. The van der Waals surface area contributed by atoms with E-state index in [1.54, 1.807) is 24.5 Å². The summed E-state index contributed by atoms with van der Waals surface area (Å²) in [5.41, 5.74) is 0.910. The molecule has 0 aliphatic rings. The van der Waals surface area contributed by atoms with Crippen molar-refractivity contribution >= 4 is 53.1 Å². The van der Waals surface area contributed by atoms with Crippen LogP contribution in [0.1, 0.15) is 0 Å². The van der Waals surface area contributed by atoms with Crippen molar-refractivity contribution in [2.24, 2.45) is 20.5 Å². The van der Waals surface area contributed by atoms with E-state index in [0.717, 1.165) is 8.95 Å². The summed E-state index contributed by atoms with van der Waals surface area (Å²) in [5.74, 6) is -0.954. The second kappa shape index (κ2) is 8.31. The first kappa shape index (κ1) is 17.8. The summed E-state index contributed by atoms with van der Waals surface area (Å²) in [4.78, 5) is 7.79. The predicted octanol–water partition coefficient (Wildman–Crippen LogP) is 4.20. The number of hydrogen-bond donors (Lipinski definition) is 0. The van der Waals surface area contributed by atoms with Crippen LogP contribution in [0.4, 0.5) is 11.4 Å². The van der Waals surface area contributed by atoms with Gasteiger partial charge in [0.05, 0.1) is 12.4 Å². The maximum Gasteiger partial charge on any atom is 0.194 e. The van der Waals surface area contributed by atoms with Crippen LogP contribution >= 0.6 is 31.9 Å². The lowest BCUT2D eigenvalue weighted by Crippen LogP contribution is -2.06. The topological polar surface area (TPSA) is 109 Å². The van der Waals surface area contributed by atoms with E-state index in [0.29, 0.717) is 11.4 Å². The van der Waals surface area contributed by atoms with Crippen molar-refractivity contribution in [3.05, 3.63) is 45.9 Å². The molecule has 0 amide bonds. The summed E-state index contributed by atoms with van der Waals surface area (Å²) in [6.07, 6.45) is 6.13. The van der Waals surface area contributed by atoms with Crippen LogP contribution < -0.4 is 0 Å². The zero-order chi connectivity index (χ0) is 16.7. The fourth-order valence-electron chi connectivity index (χ4n) is 1.35. The fraction of sp³-hybridized carbons (Fsp3) is 0.167. The number of nitrogens with zero attached hydrogens (tertiary/aromatic N) is 6. The molecular formula is C12H10Br2N6O2S. The van der Waals surface area contributed by atoms with E-state index in [4.69, 9.17) is 0 Å². The Kier molecular flexibility index (Phi) is 6.42. The van der Waals surface area contributed by atoms with Crippen molar-refractivity contribution in [3.63, 3.8) is 0 Å². The second-order valence-corrected chi connectivity index (χ2v) is 8.04. The van der Waals surface area contributed by atoms with Crippen LogP contribution in [0.5, 0.6) is 0 Å². The summed E-state index contributed by atoms with van der Waals surface area (Å²) in [5, 5.41) is 14.9. The van der Waals surface area contributed by atoms with Gasteiger partial charge in [0.2, 0.25) is 0 Å². The third-order valence-electron chi connectivity index (χ3n) is 2.26. The van der Waals surface area contributed by atoms with E-state index >= 15 is 0 Å². The molecule has 0 saturated heterocycles. The third-order valence-corrected chi connectivity index (χ3v) is 4.15. The number of rotatable bonds is 6. The summed E-state index contributed by atoms with van der Waals surface area (Å²) < 4.78 is 25.0. The van der Waals surface area contributed by atoms with E-state index < -0.39 is 21.6 Å². The Bertz CT molecular complexity index is 777. The Labute approximate surface area is 149 Å². The zero-order valence-corrected chi connectivity index (χ0v) is 15.5. The lowest BCUT2D eigenvalue weighted by Gasteiger charge is -1.96. The van der Waals surface area contributed by atoms with Gasteiger partial charge in [0.15, 0.2) is 21.6 Å². The molecule has 0 bridgehead atoms. The molecule has 0 N–H and O–H groups in total. The highest BCUT2D eigenvalue weighted by molar-refractivity contribution is 9.10. The lowest BCUT2D eigenvalue weighted by atomic mass is 10.4. The van der Waals surface area contributed by atoms with Crippen molar-refractivity contribution in [3.8, 4) is 0 Å². The molecule has 0 aliphatic heterocycles. The summed E-state index contributed by atoms with van der Waals surface area (Å²) in [6, 6.07) is 3.34. The minimum atomic E-state index is -3.53. The molecular weight excluding hydrogens is 452 g/mol. The van der Waals surface area contributed by atoms with Crippen molar-refractivity contribution in [1.82, 2.24) is 9.97 Å². The average Bonchev–Trinajstić information content (AvgIpc) is 2.47. The van der Waals surface area contributed by atoms with Gasteiger partial charge in [-0.1, -0.05) is 0 Å². The van der Waals surface area contributed by atoms with Crippen molar-refractivity contribution < 1.29 is 8.42 Å². The molecule has 8 nitrogen and oxygen atoms in total. The first-order chi connectivity index (χ1) is 10.9. The van der Waals surface area contributed by atoms with Crippen molar-refractivity contribution in [2.75, 3.05) is 11.8 Å². The van der Waals surface area contributed by atoms with Gasteiger partial charge in [-0.2, -0.15) is 20.5 Å². The van der Waals surface area contributed by atoms with Crippen molar-refractivity contribution in [2.45, 2.75) is 0 Å². The quantitative estimate of drug-likeness (QED) is 0.600. The molecule has 11 heteroatoms. The number of aromatic nitrogens is 2. The predicted molar refractivity (Wildman–Crippen MR) is 91.6 cm³/mol. The number of azo groups is 2. The Morgan fingerprint density at radius 3 is 1.65 bits per heavy atom. The van der Waals surface area contributed by atoms with Crippen LogP contribution in [-0.4, -0.2) is 30.1 Å². The first-order valence-electron chi connectivity index (χ1n) is 6.11. The van der Waals surface area contributed by atoms with Gasteiger partial charge >= 0.3 is 0 Å². The molecule has 0 aromatic carbocycles. The molecule has 0 saturated carbocycles. The molecule has 0 spiro atoms. The van der Waals surface area contributed by atoms with E-state index in [2.05, 4.69) is 62.3 Å². The molecule has 23 heavy (non-hydrogen) atoms. The number of sulfone groups is 1. The SMILES string of the molecule is O=S(=O)(CN=Nc1cncc(Br)c1)CN=Nc1cncc(Br)c1. The zero-order valence-electron chi connectivity index (χ0n) is 11.5.